The van der Waals surface area contributed by atoms with E-state index in [2.05, 4.69) is 0 Å². The SMILES string of the molecule is O=CC=Cc1csc(C2OCCO2)c1. The topological polar surface area (TPSA) is 35.5 Å². The van der Waals surface area contributed by atoms with Crippen LogP contribution in [0.15, 0.2) is 17.5 Å². The van der Waals surface area contributed by atoms with Crippen molar-refractivity contribution in [1.82, 2.24) is 0 Å². The van der Waals surface area contributed by atoms with Crippen LogP contribution in [0.2, 0.25) is 0 Å². The van der Waals surface area contributed by atoms with Gasteiger partial charge in [0.2, 0.25) is 0 Å². The van der Waals surface area contributed by atoms with Gasteiger partial charge < -0.3 is 9.47 Å². The van der Waals surface area contributed by atoms with Crippen LogP contribution in [0.25, 0.3) is 6.08 Å². The molecule has 0 saturated carbocycles. The van der Waals surface area contributed by atoms with Gasteiger partial charge in [-0.05, 0) is 23.1 Å². The molecule has 0 aliphatic carbocycles. The zero-order chi connectivity index (χ0) is 9.80. The summed E-state index contributed by atoms with van der Waals surface area (Å²) in [5.74, 6) is 0. The molecule has 0 radical (unpaired) electrons. The number of carbonyl (C=O) groups excluding carboxylic acids is 1. The Hall–Kier alpha value is -0.970. The molecule has 1 fully saturated rings. The van der Waals surface area contributed by atoms with Crippen molar-refractivity contribution in [2.75, 3.05) is 13.2 Å². The van der Waals surface area contributed by atoms with E-state index in [9.17, 15) is 4.79 Å². The van der Waals surface area contributed by atoms with Gasteiger partial charge in [-0.25, -0.2) is 0 Å². The lowest BCUT2D eigenvalue weighted by molar-refractivity contribution is -0.104. The highest BCUT2D eigenvalue weighted by molar-refractivity contribution is 7.10. The molecule has 0 atom stereocenters. The molecule has 1 aromatic heterocycles. The van der Waals surface area contributed by atoms with Crippen molar-refractivity contribution in [2.45, 2.75) is 6.29 Å². The molecular formula is C10H10O3S. The van der Waals surface area contributed by atoms with E-state index in [4.69, 9.17) is 9.47 Å². The van der Waals surface area contributed by atoms with E-state index >= 15 is 0 Å². The van der Waals surface area contributed by atoms with Crippen LogP contribution in [0, 0.1) is 0 Å². The molecule has 1 aromatic rings. The maximum Gasteiger partial charge on any atom is 0.193 e. The Labute approximate surface area is 86.0 Å². The van der Waals surface area contributed by atoms with Crippen molar-refractivity contribution in [3.8, 4) is 0 Å². The first-order valence-electron chi connectivity index (χ1n) is 4.33. The van der Waals surface area contributed by atoms with Crippen LogP contribution in [0.5, 0.6) is 0 Å². The minimum atomic E-state index is -0.210. The Morgan fingerprint density at radius 3 is 2.93 bits per heavy atom. The zero-order valence-corrected chi connectivity index (χ0v) is 8.33. The maximum atomic E-state index is 10.1. The van der Waals surface area contributed by atoms with Crippen LogP contribution in [0.1, 0.15) is 16.7 Å². The van der Waals surface area contributed by atoms with Gasteiger partial charge in [0, 0.05) is 0 Å². The van der Waals surface area contributed by atoms with E-state index in [0.717, 1.165) is 16.7 Å². The summed E-state index contributed by atoms with van der Waals surface area (Å²) in [5, 5.41) is 1.97. The van der Waals surface area contributed by atoms with E-state index in [1.807, 2.05) is 11.4 Å². The van der Waals surface area contributed by atoms with Crippen LogP contribution in [0.3, 0.4) is 0 Å². The number of aldehydes is 1. The normalized spacial score (nSPS) is 18.0. The molecule has 14 heavy (non-hydrogen) atoms. The molecule has 0 aromatic carbocycles. The Kier molecular flexibility index (Phi) is 3.08. The van der Waals surface area contributed by atoms with Crippen molar-refractivity contribution in [3.05, 3.63) is 28.0 Å². The van der Waals surface area contributed by atoms with E-state index in [1.165, 1.54) is 6.08 Å². The van der Waals surface area contributed by atoms with Gasteiger partial charge in [-0.2, -0.15) is 0 Å². The minimum Gasteiger partial charge on any atom is -0.345 e. The lowest BCUT2D eigenvalue weighted by Gasteiger charge is -2.04. The molecule has 1 aliphatic rings. The third-order valence-corrected chi connectivity index (χ3v) is 2.83. The first-order chi connectivity index (χ1) is 6.90. The summed E-state index contributed by atoms with van der Waals surface area (Å²) in [5.41, 5.74) is 1.01. The molecule has 0 amide bonds. The maximum absolute atomic E-state index is 10.1. The Morgan fingerprint density at radius 1 is 1.43 bits per heavy atom. The first kappa shape index (κ1) is 9.58. The van der Waals surface area contributed by atoms with Crippen LogP contribution in [-0.2, 0) is 14.3 Å². The van der Waals surface area contributed by atoms with Crippen molar-refractivity contribution < 1.29 is 14.3 Å². The third-order valence-electron chi connectivity index (χ3n) is 1.86. The van der Waals surface area contributed by atoms with Gasteiger partial charge in [0.05, 0.1) is 18.1 Å². The molecule has 2 rings (SSSR count). The third kappa shape index (κ3) is 2.09. The molecule has 1 saturated heterocycles. The summed E-state index contributed by atoms with van der Waals surface area (Å²) in [6, 6.07) is 1.97. The second kappa shape index (κ2) is 4.50. The fourth-order valence-corrected chi connectivity index (χ4v) is 2.12. The molecule has 1 aliphatic heterocycles. The fourth-order valence-electron chi connectivity index (χ4n) is 1.25. The smallest absolute Gasteiger partial charge is 0.193 e. The first-order valence-corrected chi connectivity index (χ1v) is 5.21. The van der Waals surface area contributed by atoms with E-state index in [1.54, 1.807) is 17.4 Å². The molecule has 0 N–H and O–H groups in total. The van der Waals surface area contributed by atoms with Gasteiger partial charge in [0.1, 0.15) is 6.29 Å². The summed E-state index contributed by atoms with van der Waals surface area (Å²) >= 11 is 1.58. The Morgan fingerprint density at radius 2 is 2.21 bits per heavy atom. The minimum absolute atomic E-state index is 0.210. The van der Waals surface area contributed by atoms with Gasteiger partial charge >= 0.3 is 0 Å². The number of ether oxygens (including phenoxy) is 2. The standard InChI is InChI=1S/C10H10O3S/c11-3-1-2-8-6-9(14-7-8)10-12-4-5-13-10/h1-3,6-7,10H,4-5H2. The number of thiophene rings is 1. The van der Waals surface area contributed by atoms with E-state index < -0.39 is 0 Å². The Balaban J connectivity index is 2.08. The van der Waals surface area contributed by atoms with Crippen molar-refractivity contribution in [2.24, 2.45) is 0 Å². The number of rotatable bonds is 3. The van der Waals surface area contributed by atoms with Gasteiger partial charge in [-0.15, -0.1) is 11.3 Å². The second-order valence-electron chi connectivity index (χ2n) is 2.85. The van der Waals surface area contributed by atoms with Gasteiger partial charge in [0.25, 0.3) is 0 Å². The zero-order valence-electron chi connectivity index (χ0n) is 7.51. The molecule has 0 bridgehead atoms. The van der Waals surface area contributed by atoms with Gasteiger partial charge in [-0.1, -0.05) is 6.08 Å². The van der Waals surface area contributed by atoms with Gasteiger partial charge in [-0.3, -0.25) is 4.79 Å². The second-order valence-corrected chi connectivity index (χ2v) is 3.79. The number of allylic oxidation sites excluding steroid dienone is 1. The number of carbonyl (C=O) groups is 1. The highest BCUT2D eigenvalue weighted by Gasteiger charge is 2.19. The molecule has 4 heteroatoms. The monoisotopic (exact) mass is 210 g/mol. The van der Waals surface area contributed by atoms with E-state index in [-0.39, 0.29) is 6.29 Å². The summed E-state index contributed by atoms with van der Waals surface area (Å²) < 4.78 is 10.7. The van der Waals surface area contributed by atoms with Crippen molar-refractivity contribution in [1.29, 1.82) is 0 Å². The fraction of sp³-hybridized carbons (Fsp3) is 0.300. The quantitative estimate of drug-likeness (QED) is 0.565. The lowest BCUT2D eigenvalue weighted by Crippen LogP contribution is -1.93. The highest BCUT2D eigenvalue weighted by Crippen LogP contribution is 2.29. The lowest BCUT2D eigenvalue weighted by atomic mass is 10.3. The molecule has 3 nitrogen and oxygen atoms in total. The largest absolute Gasteiger partial charge is 0.345 e. The number of hydrogen-bond donors (Lipinski definition) is 0. The van der Waals surface area contributed by atoms with Crippen LogP contribution in [0.4, 0.5) is 0 Å². The van der Waals surface area contributed by atoms with Crippen molar-refractivity contribution >= 4 is 23.7 Å². The van der Waals surface area contributed by atoms with Crippen LogP contribution >= 0.6 is 11.3 Å². The molecule has 74 valence electrons. The molecule has 0 unspecified atom stereocenters. The summed E-state index contributed by atoms with van der Waals surface area (Å²) in [6.45, 7) is 1.31. The highest BCUT2D eigenvalue weighted by atomic mass is 32.1. The predicted molar refractivity (Wildman–Crippen MR) is 54.1 cm³/mol. The van der Waals surface area contributed by atoms with Crippen molar-refractivity contribution in [3.63, 3.8) is 0 Å². The average molecular weight is 210 g/mol. The Bertz CT molecular complexity index is 337. The summed E-state index contributed by atoms with van der Waals surface area (Å²) in [4.78, 5) is 11.2. The van der Waals surface area contributed by atoms with Gasteiger partial charge in [0.15, 0.2) is 6.29 Å². The summed E-state index contributed by atoms with van der Waals surface area (Å²) in [7, 11) is 0. The average Bonchev–Trinajstić information content (AvgIpc) is 2.85. The van der Waals surface area contributed by atoms with Crippen LogP contribution in [-0.4, -0.2) is 19.5 Å². The van der Waals surface area contributed by atoms with Crippen LogP contribution < -0.4 is 0 Å². The molecule has 2 heterocycles. The number of hydrogen-bond acceptors (Lipinski definition) is 4. The molecule has 0 spiro atoms. The summed E-state index contributed by atoms with van der Waals surface area (Å²) in [6.07, 6.45) is 3.79. The molecular weight excluding hydrogens is 200 g/mol. The predicted octanol–water partition coefficient (Wildman–Crippen LogP) is 2.01. The van der Waals surface area contributed by atoms with E-state index in [0.29, 0.717) is 13.2 Å².